The summed E-state index contributed by atoms with van der Waals surface area (Å²) < 4.78 is 0. The molecule has 1 aliphatic rings. The predicted molar refractivity (Wildman–Crippen MR) is 109 cm³/mol. The first kappa shape index (κ1) is 24.1. The van der Waals surface area contributed by atoms with Gasteiger partial charge in [-0.15, -0.1) is 0 Å². The number of nitrogens with one attached hydrogen (secondary N) is 2. The predicted octanol–water partition coefficient (Wildman–Crippen LogP) is -1.68. The summed E-state index contributed by atoms with van der Waals surface area (Å²) in [5, 5.41) is 31.8. The van der Waals surface area contributed by atoms with Crippen molar-refractivity contribution in [3.63, 3.8) is 0 Å². The van der Waals surface area contributed by atoms with E-state index in [0.29, 0.717) is 19.4 Å². The van der Waals surface area contributed by atoms with Gasteiger partial charge in [-0.05, 0) is 43.9 Å². The monoisotopic (exact) mass is 436 g/mol. The molecule has 11 heteroatoms. The zero-order chi connectivity index (χ0) is 23.1. The van der Waals surface area contributed by atoms with Crippen LogP contribution < -0.4 is 16.4 Å². The Bertz CT molecular complexity index is 814. The number of carbonyl (C=O) groups is 4. The number of phenols is 1. The Kier molecular flexibility index (Phi) is 8.34. The highest BCUT2D eigenvalue weighted by atomic mass is 16.4. The van der Waals surface area contributed by atoms with Crippen molar-refractivity contribution in [1.29, 1.82) is 0 Å². The molecule has 0 radical (unpaired) electrons. The molecule has 0 aliphatic carbocycles. The number of benzene rings is 1. The molecule has 1 saturated heterocycles. The van der Waals surface area contributed by atoms with Crippen LogP contribution in [0.15, 0.2) is 24.3 Å². The van der Waals surface area contributed by atoms with E-state index in [9.17, 15) is 24.3 Å². The van der Waals surface area contributed by atoms with Gasteiger partial charge in [0, 0.05) is 6.54 Å². The number of hydrogen-bond acceptors (Lipinski definition) is 7. The Hall–Kier alpha value is -3.18. The van der Waals surface area contributed by atoms with Crippen LogP contribution in [-0.2, 0) is 25.6 Å². The van der Waals surface area contributed by atoms with Crippen LogP contribution in [0.25, 0.3) is 0 Å². The number of aliphatic hydroxyl groups excluding tert-OH is 1. The van der Waals surface area contributed by atoms with E-state index in [1.54, 1.807) is 12.1 Å². The molecule has 31 heavy (non-hydrogen) atoms. The van der Waals surface area contributed by atoms with E-state index in [1.165, 1.54) is 24.0 Å². The number of amides is 3. The molecular weight excluding hydrogens is 408 g/mol. The van der Waals surface area contributed by atoms with Crippen molar-refractivity contribution in [2.45, 2.75) is 50.4 Å². The Morgan fingerprint density at radius 2 is 1.84 bits per heavy atom. The molecule has 0 saturated carbocycles. The van der Waals surface area contributed by atoms with E-state index < -0.39 is 54.5 Å². The zero-order valence-corrected chi connectivity index (χ0v) is 17.2. The minimum absolute atomic E-state index is 0.103. The quantitative estimate of drug-likeness (QED) is 0.265. The Labute approximate surface area is 179 Å². The maximum absolute atomic E-state index is 12.8. The summed E-state index contributed by atoms with van der Waals surface area (Å²) in [6.45, 7) is 0.944. The lowest BCUT2D eigenvalue weighted by Gasteiger charge is -2.28. The summed E-state index contributed by atoms with van der Waals surface area (Å²) in [6, 6.07) is 2.11. The van der Waals surface area contributed by atoms with E-state index in [-0.39, 0.29) is 12.2 Å². The van der Waals surface area contributed by atoms with Crippen LogP contribution in [0.5, 0.6) is 5.75 Å². The first-order valence-corrected chi connectivity index (χ1v) is 9.92. The maximum atomic E-state index is 12.8. The van der Waals surface area contributed by atoms with Gasteiger partial charge in [-0.1, -0.05) is 12.1 Å². The molecule has 1 aromatic carbocycles. The Balaban J connectivity index is 1.95. The number of carboxylic acids is 1. The average Bonchev–Trinajstić information content (AvgIpc) is 3.22. The largest absolute Gasteiger partial charge is 0.508 e. The van der Waals surface area contributed by atoms with Crippen molar-refractivity contribution in [2.75, 3.05) is 13.2 Å². The average molecular weight is 436 g/mol. The van der Waals surface area contributed by atoms with Crippen LogP contribution in [0.4, 0.5) is 0 Å². The molecule has 1 aliphatic heterocycles. The van der Waals surface area contributed by atoms with Gasteiger partial charge in [-0.2, -0.15) is 0 Å². The molecule has 11 nitrogen and oxygen atoms in total. The van der Waals surface area contributed by atoms with Gasteiger partial charge in [0.2, 0.25) is 17.7 Å². The minimum Gasteiger partial charge on any atom is -0.508 e. The summed E-state index contributed by atoms with van der Waals surface area (Å²) in [5.41, 5.74) is 6.81. The molecule has 3 amide bonds. The molecule has 0 unspecified atom stereocenters. The first-order valence-electron chi connectivity index (χ1n) is 9.92. The lowest BCUT2D eigenvalue weighted by molar-refractivity contribution is -0.143. The summed E-state index contributed by atoms with van der Waals surface area (Å²) >= 11 is 0. The molecule has 1 heterocycles. The molecule has 2 rings (SSSR count). The van der Waals surface area contributed by atoms with Gasteiger partial charge in [0.1, 0.15) is 23.9 Å². The normalized spacial score (nSPS) is 18.7. The smallest absolute Gasteiger partial charge is 0.328 e. The zero-order valence-electron chi connectivity index (χ0n) is 17.2. The fourth-order valence-corrected chi connectivity index (χ4v) is 3.35. The minimum atomic E-state index is -1.48. The van der Waals surface area contributed by atoms with Crippen LogP contribution in [-0.4, -0.2) is 81.2 Å². The van der Waals surface area contributed by atoms with Gasteiger partial charge >= 0.3 is 5.97 Å². The molecule has 0 spiro atoms. The van der Waals surface area contributed by atoms with Crippen LogP contribution in [0.1, 0.15) is 25.3 Å². The lowest BCUT2D eigenvalue weighted by Crippen LogP contribution is -2.56. The third-order valence-corrected chi connectivity index (χ3v) is 5.10. The van der Waals surface area contributed by atoms with Crippen molar-refractivity contribution in [3.8, 4) is 5.75 Å². The summed E-state index contributed by atoms with van der Waals surface area (Å²) in [6.07, 6.45) is 1.24. The van der Waals surface area contributed by atoms with E-state index in [4.69, 9.17) is 15.9 Å². The Morgan fingerprint density at radius 3 is 2.42 bits per heavy atom. The molecular formula is C20H28N4O7. The fourth-order valence-electron chi connectivity index (χ4n) is 3.35. The van der Waals surface area contributed by atoms with Gasteiger partial charge in [-0.3, -0.25) is 14.4 Å². The number of rotatable bonds is 9. The van der Waals surface area contributed by atoms with Gasteiger partial charge in [0.05, 0.1) is 12.6 Å². The summed E-state index contributed by atoms with van der Waals surface area (Å²) in [5.74, 6) is -3.00. The summed E-state index contributed by atoms with van der Waals surface area (Å²) in [7, 11) is 0. The highest BCUT2D eigenvalue weighted by molar-refractivity contribution is 5.94. The second-order valence-electron chi connectivity index (χ2n) is 7.48. The second kappa shape index (κ2) is 10.7. The van der Waals surface area contributed by atoms with Gasteiger partial charge in [-0.25, -0.2) is 4.79 Å². The Morgan fingerprint density at radius 1 is 1.19 bits per heavy atom. The third kappa shape index (κ3) is 6.40. The SMILES string of the molecule is C[C@H](NC(=O)[C@@H]1CCCN1C(=O)[C@@H](N)Cc1ccc(O)cc1)C(=O)N[C@@H](CO)C(=O)O. The first-order chi connectivity index (χ1) is 14.6. The molecule has 0 bridgehead atoms. The standard InChI is InChI=1S/C20H28N4O7/c1-11(17(27)23-15(10-25)20(30)31)22-18(28)16-3-2-8-24(16)19(29)14(21)9-12-4-6-13(26)7-5-12/h4-7,11,14-16,25-26H,2-3,8-10,21H2,1H3,(H,22,28)(H,23,27)(H,30,31)/t11-,14-,15-,16-/m0/s1. The number of aliphatic carboxylic acids is 1. The topological polar surface area (TPSA) is 182 Å². The van der Waals surface area contributed by atoms with Gasteiger partial charge in [0.15, 0.2) is 0 Å². The lowest BCUT2D eigenvalue weighted by atomic mass is 10.0. The van der Waals surface area contributed by atoms with Crippen LogP contribution in [0.3, 0.4) is 0 Å². The van der Waals surface area contributed by atoms with E-state index in [0.717, 1.165) is 5.56 Å². The van der Waals surface area contributed by atoms with Gasteiger partial charge in [0.25, 0.3) is 0 Å². The van der Waals surface area contributed by atoms with Crippen molar-refractivity contribution in [3.05, 3.63) is 29.8 Å². The molecule has 1 fully saturated rings. The van der Waals surface area contributed by atoms with Crippen molar-refractivity contribution in [2.24, 2.45) is 5.73 Å². The maximum Gasteiger partial charge on any atom is 0.328 e. The number of nitrogens with two attached hydrogens (primary N) is 1. The molecule has 7 N–H and O–H groups in total. The number of nitrogens with zero attached hydrogens (tertiary/aromatic N) is 1. The van der Waals surface area contributed by atoms with Gasteiger partial charge < -0.3 is 36.6 Å². The highest BCUT2D eigenvalue weighted by Gasteiger charge is 2.37. The van der Waals surface area contributed by atoms with E-state index >= 15 is 0 Å². The second-order valence-corrected chi connectivity index (χ2v) is 7.48. The number of hydrogen-bond donors (Lipinski definition) is 6. The van der Waals surface area contributed by atoms with E-state index in [1.807, 2.05) is 0 Å². The number of carboxylic acid groups (broad SMARTS) is 1. The van der Waals surface area contributed by atoms with Crippen LogP contribution in [0.2, 0.25) is 0 Å². The van der Waals surface area contributed by atoms with Crippen molar-refractivity contribution in [1.82, 2.24) is 15.5 Å². The van der Waals surface area contributed by atoms with E-state index in [2.05, 4.69) is 10.6 Å². The van der Waals surface area contributed by atoms with Crippen molar-refractivity contribution < 1.29 is 34.5 Å². The number of likely N-dealkylation sites (tertiary alicyclic amines) is 1. The third-order valence-electron chi connectivity index (χ3n) is 5.10. The molecule has 170 valence electrons. The van der Waals surface area contributed by atoms with Crippen LogP contribution in [0, 0.1) is 0 Å². The number of carbonyl (C=O) groups excluding carboxylic acids is 3. The summed E-state index contributed by atoms with van der Waals surface area (Å²) in [4.78, 5) is 49.9. The van der Waals surface area contributed by atoms with Crippen molar-refractivity contribution >= 4 is 23.7 Å². The number of aromatic hydroxyl groups is 1. The fraction of sp³-hybridized carbons (Fsp3) is 0.500. The molecule has 0 aromatic heterocycles. The number of phenolic OH excluding ortho intramolecular Hbond substituents is 1. The highest BCUT2D eigenvalue weighted by Crippen LogP contribution is 2.20. The number of aliphatic hydroxyl groups is 1. The molecule has 4 atom stereocenters. The molecule has 1 aromatic rings. The van der Waals surface area contributed by atoms with Crippen LogP contribution >= 0.6 is 0 Å².